The van der Waals surface area contributed by atoms with E-state index in [2.05, 4.69) is 10.3 Å². The van der Waals surface area contributed by atoms with Crippen LogP contribution < -0.4 is 19.5 Å². The van der Waals surface area contributed by atoms with E-state index in [0.717, 1.165) is 22.0 Å². The lowest BCUT2D eigenvalue weighted by molar-refractivity contribution is 0.102. The Labute approximate surface area is 197 Å². The van der Waals surface area contributed by atoms with Crippen LogP contribution in [0.2, 0.25) is 0 Å². The highest BCUT2D eigenvalue weighted by atomic mass is 16.5. The molecule has 4 rings (SSSR count). The van der Waals surface area contributed by atoms with Gasteiger partial charge >= 0.3 is 0 Å². The summed E-state index contributed by atoms with van der Waals surface area (Å²) in [4.78, 5) is 29.9. The van der Waals surface area contributed by atoms with Crippen molar-refractivity contribution < 1.29 is 23.8 Å². The second-order valence-electron chi connectivity index (χ2n) is 7.99. The fourth-order valence-corrected chi connectivity index (χ4v) is 3.86. The molecule has 7 nitrogen and oxygen atoms in total. The summed E-state index contributed by atoms with van der Waals surface area (Å²) in [7, 11) is 4.47. The van der Waals surface area contributed by atoms with Gasteiger partial charge in [-0.15, -0.1) is 0 Å². The van der Waals surface area contributed by atoms with Gasteiger partial charge in [0, 0.05) is 22.0 Å². The number of anilines is 1. The predicted octanol–water partition coefficient (Wildman–Crippen LogP) is 5.29. The van der Waals surface area contributed by atoms with Gasteiger partial charge in [0.25, 0.3) is 5.91 Å². The SMILES string of the molecule is COc1cc(C(=O)Nc2c(C(=O)c3ccc(C)cc3)[nH]c3cc(C)ccc23)cc(OC)c1OC. The molecule has 2 N–H and O–H groups in total. The second-order valence-corrected chi connectivity index (χ2v) is 7.99. The third-order valence-corrected chi connectivity index (χ3v) is 5.66. The molecule has 4 aromatic rings. The van der Waals surface area contributed by atoms with Crippen molar-refractivity contribution in [1.82, 2.24) is 4.98 Å². The zero-order valence-electron chi connectivity index (χ0n) is 19.7. The minimum atomic E-state index is -0.418. The zero-order chi connectivity index (χ0) is 24.4. The van der Waals surface area contributed by atoms with Crippen molar-refractivity contribution >= 4 is 28.3 Å². The average molecular weight is 459 g/mol. The van der Waals surface area contributed by atoms with E-state index in [4.69, 9.17) is 14.2 Å². The molecular formula is C27H26N2O5. The van der Waals surface area contributed by atoms with E-state index < -0.39 is 5.91 Å². The van der Waals surface area contributed by atoms with Gasteiger partial charge in [0.1, 0.15) is 5.69 Å². The Hall–Kier alpha value is -4.26. The van der Waals surface area contributed by atoms with Crippen LogP contribution in [0.15, 0.2) is 54.6 Å². The maximum absolute atomic E-state index is 13.4. The first-order valence-corrected chi connectivity index (χ1v) is 10.7. The smallest absolute Gasteiger partial charge is 0.256 e. The van der Waals surface area contributed by atoms with Crippen LogP contribution in [0, 0.1) is 13.8 Å². The van der Waals surface area contributed by atoms with Gasteiger partial charge in [-0.2, -0.15) is 0 Å². The summed E-state index contributed by atoms with van der Waals surface area (Å²) in [6, 6.07) is 16.2. The molecule has 3 aromatic carbocycles. The Bertz CT molecular complexity index is 1360. The van der Waals surface area contributed by atoms with Gasteiger partial charge in [-0.3, -0.25) is 9.59 Å². The van der Waals surface area contributed by atoms with Gasteiger partial charge in [-0.1, -0.05) is 42.0 Å². The summed E-state index contributed by atoms with van der Waals surface area (Å²) in [6.45, 7) is 3.93. The number of fused-ring (bicyclic) bond motifs is 1. The molecule has 0 saturated heterocycles. The van der Waals surface area contributed by atoms with Crippen LogP contribution in [0.1, 0.15) is 37.5 Å². The molecule has 0 atom stereocenters. The van der Waals surface area contributed by atoms with Crippen molar-refractivity contribution in [2.24, 2.45) is 0 Å². The van der Waals surface area contributed by atoms with Crippen LogP contribution in [0.5, 0.6) is 17.2 Å². The van der Waals surface area contributed by atoms with Gasteiger partial charge in [-0.05, 0) is 37.6 Å². The first-order chi connectivity index (χ1) is 16.4. The second kappa shape index (κ2) is 9.31. The number of aryl methyl sites for hydroxylation is 2. The number of hydrogen-bond acceptors (Lipinski definition) is 5. The van der Waals surface area contributed by atoms with Gasteiger partial charge in [0.2, 0.25) is 11.5 Å². The van der Waals surface area contributed by atoms with Crippen molar-refractivity contribution in [2.45, 2.75) is 13.8 Å². The van der Waals surface area contributed by atoms with Crippen molar-refractivity contribution in [3.05, 3.63) is 82.5 Å². The molecule has 1 aromatic heterocycles. The highest BCUT2D eigenvalue weighted by molar-refractivity contribution is 6.20. The molecule has 0 spiro atoms. The molecular weight excluding hydrogens is 432 g/mol. The summed E-state index contributed by atoms with van der Waals surface area (Å²) < 4.78 is 16.1. The molecule has 0 aliphatic carbocycles. The van der Waals surface area contributed by atoms with Crippen LogP contribution >= 0.6 is 0 Å². The standard InChI is InChI=1S/C27H26N2O5/c1-15-6-9-17(10-7-15)25(30)24-23(19-11-8-16(2)12-20(19)28-24)29-27(31)18-13-21(32-3)26(34-5)22(14-18)33-4/h6-14,28H,1-5H3,(H,29,31). The molecule has 0 saturated carbocycles. The molecule has 7 heteroatoms. The van der Waals surface area contributed by atoms with Crippen molar-refractivity contribution in [3.63, 3.8) is 0 Å². The van der Waals surface area contributed by atoms with Gasteiger partial charge in [0.15, 0.2) is 11.5 Å². The molecule has 1 amide bonds. The molecule has 0 radical (unpaired) electrons. The number of carbonyl (C=O) groups excluding carboxylic acids is 2. The van der Waals surface area contributed by atoms with Crippen LogP contribution in [-0.4, -0.2) is 38.0 Å². The quantitative estimate of drug-likeness (QED) is 0.367. The first-order valence-electron chi connectivity index (χ1n) is 10.7. The number of hydrogen-bond donors (Lipinski definition) is 2. The maximum Gasteiger partial charge on any atom is 0.256 e. The Balaban J connectivity index is 1.80. The molecule has 0 fully saturated rings. The first kappa shape index (κ1) is 22.9. The normalized spacial score (nSPS) is 10.7. The average Bonchev–Trinajstić information content (AvgIpc) is 3.19. The topological polar surface area (TPSA) is 89.7 Å². The van der Waals surface area contributed by atoms with E-state index >= 15 is 0 Å². The number of nitrogens with one attached hydrogen (secondary N) is 2. The van der Waals surface area contributed by atoms with E-state index in [1.807, 2.05) is 44.2 Å². The minimum absolute atomic E-state index is 0.214. The summed E-state index contributed by atoms with van der Waals surface area (Å²) in [6.07, 6.45) is 0. The van der Waals surface area contributed by atoms with Crippen molar-refractivity contribution in [2.75, 3.05) is 26.6 Å². The highest BCUT2D eigenvalue weighted by Gasteiger charge is 2.23. The van der Waals surface area contributed by atoms with Crippen LogP contribution in [0.4, 0.5) is 5.69 Å². The van der Waals surface area contributed by atoms with Gasteiger partial charge in [-0.25, -0.2) is 0 Å². The Morgan fingerprint density at radius 3 is 1.97 bits per heavy atom. The molecule has 0 bridgehead atoms. The molecule has 0 unspecified atom stereocenters. The van der Waals surface area contributed by atoms with Crippen LogP contribution in [0.3, 0.4) is 0 Å². The number of carbonyl (C=O) groups is 2. The van der Waals surface area contributed by atoms with E-state index in [9.17, 15) is 9.59 Å². The van der Waals surface area contributed by atoms with Crippen LogP contribution in [0.25, 0.3) is 10.9 Å². The summed E-state index contributed by atoms with van der Waals surface area (Å²) in [5.74, 6) is 0.474. The summed E-state index contributed by atoms with van der Waals surface area (Å²) >= 11 is 0. The lowest BCUT2D eigenvalue weighted by atomic mass is 10.0. The summed E-state index contributed by atoms with van der Waals surface area (Å²) in [5, 5.41) is 3.67. The van der Waals surface area contributed by atoms with Crippen molar-refractivity contribution in [1.29, 1.82) is 0 Å². The molecule has 1 heterocycles. The molecule has 0 aliphatic heterocycles. The lowest BCUT2D eigenvalue weighted by Gasteiger charge is -2.14. The van der Waals surface area contributed by atoms with Crippen LogP contribution in [-0.2, 0) is 0 Å². The van der Waals surface area contributed by atoms with Gasteiger partial charge in [0.05, 0.1) is 27.0 Å². The summed E-state index contributed by atoms with van der Waals surface area (Å²) in [5.41, 5.74) is 4.40. The number of aromatic nitrogens is 1. The van der Waals surface area contributed by atoms with E-state index in [1.165, 1.54) is 21.3 Å². The third-order valence-electron chi connectivity index (χ3n) is 5.66. The number of benzene rings is 3. The molecule has 34 heavy (non-hydrogen) atoms. The largest absolute Gasteiger partial charge is 0.493 e. The molecule has 0 aliphatic rings. The van der Waals surface area contributed by atoms with E-state index in [-0.39, 0.29) is 5.78 Å². The third kappa shape index (κ3) is 4.20. The fourth-order valence-electron chi connectivity index (χ4n) is 3.86. The number of methoxy groups -OCH3 is 3. The Kier molecular flexibility index (Phi) is 6.27. The number of rotatable bonds is 7. The number of ether oxygens (including phenoxy) is 3. The van der Waals surface area contributed by atoms with E-state index in [1.54, 1.807) is 24.3 Å². The Morgan fingerprint density at radius 1 is 0.765 bits per heavy atom. The maximum atomic E-state index is 13.4. The number of amides is 1. The zero-order valence-corrected chi connectivity index (χ0v) is 19.7. The van der Waals surface area contributed by atoms with Gasteiger partial charge < -0.3 is 24.5 Å². The van der Waals surface area contributed by atoms with E-state index in [0.29, 0.717) is 39.8 Å². The Morgan fingerprint density at radius 2 is 1.38 bits per heavy atom. The number of H-pyrrole nitrogens is 1. The monoisotopic (exact) mass is 458 g/mol. The number of ketones is 1. The number of aromatic amines is 1. The predicted molar refractivity (Wildman–Crippen MR) is 132 cm³/mol. The molecule has 174 valence electrons. The minimum Gasteiger partial charge on any atom is -0.493 e. The fraction of sp³-hybridized carbons (Fsp3) is 0.185. The highest BCUT2D eigenvalue weighted by Crippen LogP contribution is 2.39. The lowest BCUT2D eigenvalue weighted by Crippen LogP contribution is -2.15. The van der Waals surface area contributed by atoms with Crippen molar-refractivity contribution in [3.8, 4) is 17.2 Å².